The maximum Gasteiger partial charge on any atom is 0.317 e. The third kappa shape index (κ3) is 5.57. The molecule has 1 aromatic carbocycles. The summed E-state index contributed by atoms with van der Waals surface area (Å²) in [4.78, 5) is 12.7. The maximum absolute atomic E-state index is 10.8. The monoisotopic (exact) mass is 319 g/mol. The molecule has 20 heavy (non-hydrogen) atoms. The molecule has 112 valence electrons. The van der Waals surface area contributed by atoms with Gasteiger partial charge in [0.25, 0.3) is 0 Å². The first-order valence-electron chi connectivity index (χ1n) is 6.47. The topological polar surface area (TPSA) is 49.8 Å². The fourth-order valence-electron chi connectivity index (χ4n) is 1.75. The Morgan fingerprint density at radius 2 is 2.15 bits per heavy atom. The number of carboxylic acid groups (broad SMARTS) is 1. The molecule has 0 saturated heterocycles. The van der Waals surface area contributed by atoms with Gasteiger partial charge in [-0.1, -0.05) is 30.1 Å². The lowest BCUT2D eigenvalue weighted by Gasteiger charge is -2.26. The predicted molar refractivity (Wildman–Crippen MR) is 80.9 cm³/mol. The number of rotatable bonds is 8. The van der Waals surface area contributed by atoms with Crippen LogP contribution in [0.25, 0.3) is 0 Å². The summed E-state index contributed by atoms with van der Waals surface area (Å²) in [5.41, 5.74) is 0. The van der Waals surface area contributed by atoms with E-state index >= 15 is 0 Å². The largest absolute Gasteiger partial charge is 0.491 e. The smallest absolute Gasteiger partial charge is 0.317 e. The summed E-state index contributed by atoms with van der Waals surface area (Å²) in [6.07, 6.45) is 0.884. The van der Waals surface area contributed by atoms with E-state index in [0.29, 0.717) is 28.9 Å². The van der Waals surface area contributed by atoms with Crippen LogP contribution >= 0.6 is 23.2 Å². The number of hydrogen-bond donors (Lipinski definition) is 1. The molecule has 0 bridgehead atoms. The molecule has 1 N–H and O–H groups in total. The second-order valence-corrected chi connectivity index (χ2v) is 5.39. The van der Waals surface area contributed by atoms with Gasteiger partial charge in [-0.3, -0.25) is 9.69 Å². The van der Waals surface area contributed by atoms with Crippen LogP contribution in [0.2, 0.25) is 10.0 Å². The van der Waals surface area contributed by atoms with Crippen molar-refractivity contribution < 1.29 is 14.6 Å². The number of hydrogen-bond acceptors (Lipinski definition) is 3. The molecule has 1 atom stereocenters. The van der Waals surface area contributed by atoms with Crippen LogP contribution in [0, 0.1) is 0 Å². The highest BCUT2D eigenvalue weighted by Crippen LogP contribution is 2.27. The first kappa shape index (κ1) is 17.1. The Labute approximate surface area is 129 Å². The van der Waals surface area contributed by atoms with Crippen molar-refractivity contribution in [2.45, 2.75) is 26.3 Å². The second kappa shape index (κ2) is 8.35. The number of halogens is 2. The Kier molecular flexibility index (Phi) is 7.13. The quantitative estimate of drug-likeness (QED) is 0.796. The molecule has 1 unspecified atom stereocenters. The van der Waals surface area contributed by atoms with Gasteiger partial charge in [-0.15, -0.1) is 0 Å². The molecule has 1 aromatic rings. The molecule has 0 aromatic heterocycles. The number of ether oxygens (including phenoxy) is 1. The van der Waals surface area contributed by atoms with Crippen LogP contribution in [0.15, 0.2) is 18.2 Å². The summed E-state index contributed by atoms with van der Waals surface area (Å²) in [5.74, 6) is -0.287. The standard InChI is InChI=1S/C14H19Cl2NO3/c1-3-10(2)17(9-14(18)19)6-7-20-13-5-4-11(15)8-12(13)16/h4-5,8,10H,3,6-7,9H2,1-2H3,(H,18,19). The molecule has 4 nitrogen and oxygen atoms in total. The molecule has 0 spiro atoms. The zero-order valence-electron chi connectivity index (χ0n) is 11.6. The lowest BCUT2D eigenvalue weighted by atomic mass is 10.2. The van der Waals surface area contributed by atoms with Crippen LogP contribution in [0.4, 0.5) is 0 Å². The molecule has 0 aliphatic rings. The number of carboxylic acids is 1. The SMILES string of the molecule is CCC(C)N(CCOc1ccc(Cl)cc1Cl)CC(=O)O. The zero-order chi connectivity index (χ0) is 15.1. The summed E-state index contributed by atoms with van der Waals surface area (Å²) < 4.78 is 5.57. The highest BCUT2D eigenvalue weighted by molar-refractivity contribution is 6.35. The van der Waals surface area contributed by atoms with Gasteiger partial charge in [0.15, 0.2) is 0 Å². The number of benzene rings is 1. The van der Waals surface area contributed by atoms with Gasteiger partial charge in [0.2, 0.25) is 0 Å². The van der Waals surface area contributed by atoms with Gasteiger partial charge in [-0.25, -0.2) is 0 Å². The van der Waals surface area contributed by atoms with Crippen molar-refractivity contribution in [2.75, 3.05) is 19.7 Å². The first-order chi connectivity index (χ1) is 9.43. The Balaban J connectivity index is 2.53. The van der Waals surface area contributed by atoms with Crippen molar-refractivity contribution in [1.29, 1.82) is 0 Å². The minimum Gasteiger partial charge on any atom is -0.491 e. The lowest BCUT2D eigenvalue weighted by Crippen LogP contribution is -2.39. The van der Waals surface area contributed by atoms with Crippen LogP contribution in [-0.4, -0.2) is 41.7 Å². The molecule has 0 saturated carbocycles. The fourth-order valence-corrected chi connectivity index (χ4v) is 2.22. The minimum absolute atomic E-state index is 0.00666. The molecule has 0 fully saturated rings. The minimum atomic E-state index is -0.838. The zero-order valence-corrected chi connectivity index (χ0v) is 13.1. The van der Waals surface area contributed by atoms with Gasteiger partial charge < -0.3 is 9.84 Å². The molecule has 0 amide bonds. The molecule has 0 radical (unpaired) electrons. The van der Waals surface area contributed by atoms with Crippen LogP contribution < -0.4 is 4.74 Å². The summed E-state index contributed by atoms with van der Waals surface area (Å²) >= 11 is 11.8. The van der Waals surface area contributed by atoms with Crippen molar-refractivity contribution in [3.63, 3.8) is 0 Å². The van der Waals surface area contributed by atoms with E-state index in [4.69, 9.17) is 33.0 Å². The van der Waals surface area contributed by atoms with Crippen LogP contribution in [0.5, 0.6) is 5.75 Å². The molecule has 6 heteroatoms. The van der Waals surface area contributed by atoms with Crippen molar-refractivity contribution in [2.24, 2.45) is 0 Å². The van der Waals surface area contributed by atoms with Gasteiger partial charge in [-0.2, -0.15) is 0 Å². The molecule has 0 heterocycles. The number of aliphatic carboxylic acids is 1. The fraction of sp³-hybridized carbons (Fsp3) is 0.500. The number of nitrogens with zero attached hydrogens (tertiary/aromatic N) is 1. The molecular formula is C14H19Cl2NO3. The van der Waals surface area contributed by atoms with Gasteiger partial charge in [0, 0.05) is 17.6 Å². The molecular weight excluding hydrogens is 301 g/mol. The highest BCUT2D eigenvalue weighted by Gasteiger charge is 2.15. The van der Waals surface area contributed by atoms with E-state index in [9.17, 15) is 4.79 Å². The predicted octanol–water partition coefficient (Wildman–Crippen LogP) is 3.56. The van der Waals surface area contributed by atoms with Crippen molar-refractivity contribution in [3.05, 3.63) is 28.2 Å². The van der Waals surface area contributed by atoms with Crippen molar-refractivity contribution in [3.8, 4) is 5.75 Å². The third-order valence-corrected chi connectivity index (χ3v) is 3.61. The van der Waals surface area contributed by atoms with E-state index in [0.717, 1.165) is 6.42 Å². The summed E-state index contributed by atoms with van der Waals surface area (Å²) in [5, 5.41) is 9.90. The summed E-state index contributed by atoms with van der Waals surface area (Å²) in [6, 6.07) is 5.21. The van der Waals surface area contributed by atoms with Gasteiger partial charge in [-0.05, 0) is 31.5 Å². The number of carbonyl (C=O) groups is 1. The van der Waals surface area contributed by atoms with Crippen LogP contribution in [0.1, 0.15) is 20.3 Å². The normalized spacial score (nSPS) is 12.4. The second-order valence-electron chi connectivity index (χ2n) is 4.54. The van der Waals surface area contributed by atoms with E-state index < -0.39 is 5.97 Å². The van der Waals surface area contributed by atoms with Crippen molar-refractivity contribution >= 4 is 29.2 Å². The van der Waals surface area contributed by atoms with E-state index in [2.05, 4.69) is 0 Å². The third-order valence-electron chi connectivity index (χ3n) is 3.08. The molecule has 0 aliphatic heterocycles. The Morgan fingerprint density at radius 3 is 2.70 bits per heavy atom. The average molecular weight is 320 g/mol. The van der Waals surface area contributed by atoms with Gasteiger partial charge in [0.05, 0.1) is 11.6 Å². The van der Waals surface area contributed by atoms with E-state index in [1.807, 2.05) is 18.7 Å². The van der Waals surface area contributed by atoms with E-state index in [1.54, 1.807) is 18.2 Å². The van der Waals surface area contributed by atoms with Crippen LogP contribution in [-0.2, 0) is 4.79 Å². The maximum atomic E-state index is 10.8. The average Bonchev–Trinajstić information content (AvgIpc) is 2.38. The van der Waals surface area contributed by atoms with E-state index in [-0.39, 0.29) is 12.6 Å². The summed E-state index contributed by atoms with van der Waals surface area (Å²) in [6.45, 7) is 4.93. The van der Waals surface area contributed by atoms with Crippen LogP contribution in [0.3, 0.4) is 0 Å². The van der Waals surface area contributed by atoms with Gasteiger partial charge >= 0.3 is 5.97 Å². The Hall–Kier alpha value is -0.970. The first-order valence-corrected chi connectivity index (χ1v) is 7.23. The van der Waals surface area contributed by atoms with E-state index in [1.165, 1.54) is 0 Å². The molecule has 1 rings (SSSR count). The lowest BCUT2D eigenvalue weighted by molar-refractivity contribution is -0.139. The Morgan fingerprint density at radius 1 is 1.45 bits per heavy atom. The molecule has 0 aliphatic carbocycles. The highest BCUT2D eigenvalue weighted by atomic mass is 35.5. The Bertz CT molecular complexity index is 454. The van der Waals surface area contributed by atoms with Gasteiger partial charge in [0.1, 0.15) is 12.4 Å². The summed E-state index contributed by atoms with van der Waals surface area (Å²) in [7, 11) is 0. The van der Waals surface area contributed by atoms with Crippen molar-refractivity contribution in [1.82, 2.24) is 4.90 Å².